The number of carbonyl (C=O) groups is 1. The van der Waals surface area contributed by atoms with Crippen molar-refractivity contribution in [2.24, 2.45) is 5.73 Å². The van der Waals surface area contributed by atoms with E-state index in [0.717, 1.165) is 17.7 Å². The number of carbonyl (C=O) groups excluding carboxylic acids is 1. The number of rotatable bonds is 8. The maximum Gasteiger partial charge on any atom is 0.416 e. The van der Waals surface area contributed by atoms with E-state index in [4.69, 9.17) is 15.2 Å². The van der Waals surface area contributed by atoms with Gasteiger partial charge in [0.25, 0.3) is 0 Å². The van der Waals surface area contributed by atoms with E-state index in [1.165, 1.54) is 13.2 Å². The Morgan fingerprint density at radius 3 is 2.43 bits per heavy atom. The lowest BCUT2D eigenvalue weighted by atomic mass is 10.0. The van der Waals surface area contributed by atoms with Gasteiger partial charge in [-0.25, -0.2) is 0 Å². The number of ether oxygens (including phenoxy) is 2. The van der Waals surface area contributed by atoms with Gasteiger partial charge in [0.1, 0.15) is 12.4 Å². The van der Waals surface area contributed by atoms with Crippen LogP contribution in [0.15, 0.2) is 48.5 Å². The van der Waals surface area contributed by atoms with Crippen LogP contribution in [-0.2, 0) is 15.7 Å². The molecule has 0 saturated heterocycles. The minimum Gasteiger partial charge on any atom is -0.489 e. The standard InChI is InChI=1S/C19H21F3N2O3.ClH/c1-26-9-10-27-17-8-7-14(19(20,21)22)11-16(17)24-18(25)12-15(23)13-5-3-2-4-6-13;/h2-8,11,15H,9-10,12,23H2,1H3,(H,24,25);1H. The van der Waals surface area contributed by atoms with Gasteiger partial charge in [-0.1, -0.05) is 30.3 Å². The molecule has 9 heteroatoms. The highest BCUT2D eigenvalue weighted by molar-refractivity contribution is 5.92. The minimum atomic E-state index is -4.54. The molecule has 0 aliphatic rings. The van der Waals surface area contributed by atoms with Crippen LogP contribution in [-0.4, -0.2) is 26.2 Å². The third-order valence-electron chi connectivity index (χ3n) is 3.76. The van der Waals surface area contributed by atoms with Crippen LogP contribution >= 0.6 is 12.4 Å². The molecule has 0 heterocycles. The second kappa shape index (κ2) is 10.9. The first-order valence-electron chi connectivity index (χ1n) is 8.24. The number of nitrogens with one attached hydrogen (secondary N) is 1. The van der Waals surface area contributed by atoms with Gasteiger partial charge in [0.15, 0.2) is 0 Å². The van der Waals surface area contributed by atoms with E-state index in [2.05, 4.69) is 5.32 Å². The number of benzene rings is 2. The number of nitrogens with two attached hydrogens (primary N) is 1. The number of hydrogen-bond donors (Lipinski definition) is 2. The van der Waals surface area contributed by atoms with E-state index in [-0.39, 0.29) is 43.5 Å². The summed E-state index contributed by atoms with van der Waals surface area (Å²) >= 11 is 0. The van der Waals surface area contributed by atoms with Crippen LogP contribution in [0.4, 0.5) is 18.9 Å². The Morgan fingerprint density at radius 2 is 1.82 bits per heavy atom. The van der Waals surface area contributed by atoms with Crippen molar-refractivity contribution in [1.29, 1.82) is 0 Å². The molecular formula is C19H22ClF3N2O3. The molecule has 0 aliphatic carbocycles. The molecule has 3 N–H and O–H groups in total. The topological polar surface area (TPSA) is 73.6 Å². The van der Waals surface area contributed by atoms with Gasteiger partial charge >= 0.3 is 6.18 Å². The number of anilines is 1. The molecule has 2 aromatic carbocycles. The maximum atomic E-state index is 13.0. The third kappa shape index (κ3) is 7.03. The molecule has 0 spiro atoms. The van der Waals surface area contributed by atoms with Crippen LogP contribution in [0.1, 0.15) is 23.6 Å². The minimum absolute atomic E-state index is 0. The molecule has 0 aromatic heterocycles. The molecule has 2 aromatic rings. The van der Waals surface area contributed by atoms with Gasteiger partial charge < -0.3 is 20.5 Å². The fraction of sp³-hybridized carbons (Fsp3) is 0.316. The van der Waals surface area contributed by atoms with Crippen molar-refractivity contribution in [3.05, 3.63) is 59.7 Å². The smallest absolute Gasteiger partial charge is 0.416 e. The van der Waals surface area contributed by atoms with Crippen LogP contribution in [0.2, 0.25) is 0 Å². The summed E-state index contributed by atoms with van der Waals surface area (Å²) in [6.07, 6.45) is -4.62. The fourth-order valence-corrected chi connectivity index (χ4v) is 2.38. The van der Waals surface area contributed by atoms with Crippen LogP contribution in [0.3, 0.4) is 0 Å². The quantitative estimate of drug-likeness (QED) is 0.631. The van der Waals surface area contributed by atoms with Crippen molar-refractivity contribution in [3.8, 4) is 5.75 Å². The summed E-state index contributed by atoms with van der Waals surface area (Å²) in [5, 5.41) is 2.47. The van der Waals surface area contributed by atoms with E-state index in [1.54, 1.807) is 24.3 Å². The van der Waals surface area contributed by atoms with E-state index in [0.29, 0.717) is 0 Å². The van der Waals surface area contributed by atoms with E-state index in [1.807, 2.05) is 6.07 Å². The summed E-state index contributed by atoms with van der Waals surface area (Å²) in [6, 6.07) is 11.3. The van der Waals surface area contributed by atoms with E-state index in [9.17, 15) is 18.0 Å². The van der Waals surface area contributed by atoms with Crippen LogP contribution in [0.5, 0.6) is 5.75 Å². The van der Waals surface area contributed by atoms with Gasteiger partial charge in [0.05, 0.1) is 17.9 Å². The number of halogens is 4. The molecule has 2 rings (SSSR count). The molecule has 0 radical (unpaired) electrons. The van der Waals surface area contributed by atoms with Crippen LogP contribution in [0.25, 0.3) is 0 Å². The highest BCUT2D eigenvalue weighted by atomic mass is 35.5. The van der Waals surface area contributed by atoms with Crippen molar-refractivity contribution >= 4 is 24.0 Å². The second-order valence-corrected chi connectivity index (χ2v) is 5.82. The highest BCUT2D eigenvalue weighted by Crippen LogP contribution is 2.35. The fourth-order valence-electron chi connectivity index (χ4n) is 2.38. The number of amides is 1. The maximum absolute atomic E-state index is 13.0. The Morgan fingerprint density at radius 1 is 1.14 bits per heavy atom. The summed E-state index contributed by atoms with van der Waals surface area (Å²) in [4.78, 5) is 12.3. The third-order valence-corrected chi connectivity index (χ3v) is 3.76. The average molecular weight is 419 g/mol. The van der Waals surface area contributed by atoms with Gasteiger partial charge in [-0.3, -0.25) is 4.79 Å². The average Bonchev–Trinajstić information content (AvgIpc) is 2.62. The van der Waals surface area contributed by atoms with Gasteiger partial charge in [-0.05, 0) is 23.8 Å². The lowest BCUT2D eigenvalue weighted by Crippen LogP contribution is -2.21. The van der Waals surface area contributed by atoms with Gasteiger partial charge in [0.2, 0.25) is 5.91 Å². The molecule has 1 amide bonds. The SMILES string of the molecule is COCCOc1ccc(C(F)(F)F)cc1NC(=O)CC(N)c1ccccc1.Cl. The Kier molecular flexibility index (Phi) is 9.24. The van der Waals surface area contributed by atoms with Crippen molar-refractivity contribution in [3.63, 3.8) is 0 Å². The van der Waals surface area contributed by atoms with Crippen molar-refractivity contribution < 1.29 is 27.4 Å². The Balaban J connectivity index is 0.00000392. The Hall–Kier alpha value is -2.29. The van der Waals surface area contributed by atoms with Crippen LogP contribution < -0.4 is 15.8 Å². The first kappa shape index (κ1) is 23.7. The van der Waals surface area contributed by atoms with E-state index >= 15 is 0 Å². The molecule has 0 fully saturated rings. The summed E-state index contributed by atoms with van der Waals surface area (Å²) in [5.74, 6) is -0.385. The lowest BCUT2D eigenvalue weighted by Gasteiger charge is -2.16. The number of methoxy groups -OCH3 is 1. The van der Waals surface area contributed by atoms with Crippen molar-refractivity contribution in [2.45, 2.75) is 18.6 Å². The van der Waals surface area contributed by atoms with Gasteiger partial charge in [-0.15, -0.1) is 12.4 Å². The predicted octanol–water partition coefficient (Wildman–Crippen LogP) is 4.18. The number of alkyl halides is 3. The summed E-state index contributed by atoms with van der Waals surface area (Å²) in [7, 11) is 1.48. The predicted molar refractivity (Wildman–Crippen MR) is 103 cm³/mol. The Labute approximate surface area is 167 Å². The van der Waals surface area contributed by atoms with Crippen LogP contribution in [0, 0.1) is 0 Å². The lowest BCUT2D eigenvalue weighted by molar-refractivity contribution is -0.137. The molecular weight excluding hydrogens is 397 g/mol. The molecule has 5 nitrogen and oxygen atoms in total. The zero-order chi connectivity index (χ0) is 19.9. The molecule has 1 atom stereocenters. The first-order valence-corrected chi connectivity index (χ1v) is 8.24. The monoisotopic (exact) mass is 418 g/mol. The van der Waals surface area contributed by atoms with Gasteiger partial charge in [-0.2, -0.15) is 13.2 Å². The first-order chi connectivity index (χ1) is 12.8. The highest BCUT2D eigenvalue weighted by Gasteiger charge is 2.31. The molecule has 0 bridgehead atoms. The normalized spacial score (nSPS) is 12.0. The van der Waals surface area contributed by atoms with Crippen molar-refractivity contribution in [1.82, 2.24) is 0 Å². The molecule has 154 valence electrons. The summed E-state index contributed by atoms with van der Waals surface area (Å²) in [5.41, 5.74) is 5.81. The zero-order valence-corrected chi connectivity index (χ0v) is 16.0. The van der Waals surface area contributed by atoms with E-state index < -0.39 is 23.7 Å². The largest absolute Gasteiger partial charge is 0.489 e. The molecule has 1 unspecified atom stereocenters. The van der Waals surface area contributed by atoms with Gasteiger partial charge in [0, 0.05) is 19.6 Å². The summed E-state index contributed by atoms with van der Waals surface area (Å²) in [6.45, 7) is 0.390. The zero-order valence-electron chi connectivity index (χ0n) is 15.2. The molecule has 0 saturated carbocycles. The molecule has 28 heavy (non-hydrogen) atoms. The molecule has 0 aliphatic heterocycles. The number of hydrogen-bond acceptors (Lipinski definition) is 4. The second-order valence-electron chi connectivity index (χ2n) is 5.82. The summed E-state index contributed by atoms with van der Waals surface area (Å²) < 4.78 is 49.2. The van der Waals surface area contributed by atoms with Crippen molar-refractivity contribution in [2.75, 3.05) is 25.6 Å². The Bertz CT molecular complexity index is 758.